The van der Waals surface area contributed by atoms with Crippen LogP contribution in [-0.4, -0.2) is 54.1 Å². The second-order valence-corrected chi connectivity index (χ2v) is 7.50. The summed E-state index contributed by atoms with van der Waals surface area (Å²) < 4.78 is 40.0. The van der Waals surface area contributed by atoms with Gasteiger partial charge in [0.15, 0.2) is 0 Å². The van der Waals surface area contributed by atoms with E-state index < -0.39 is 10.0 Å². The number of aryl methyl sites for hydroxylation is 1. The quantitative estimate of drug-likeness (QED) is 0.895. The Kier molecular flexibility index (Phi) is 4.31. The molecule has 1 fully saturated rings. The lowest BCUT2D eigenvalue weighted by Gasteiger charge is -2.33. The Morgan fingerprint density at radius 1 is 1.26 bits per heavy atom. The molecule has 1 saturated heterocycles. The number of benzene rings is 1. The summed E-state index contributed by atoms with van der Waals surface area (Å²) in [6, 6.07) is 4.54. The van der Waals surface area contributed by atoms with Crippen molar-refractivity contribution in [3.05, 3.63) is 41.5 Å². The van der Waals surface area contributed by atoms with Gasteiger partial charge in [-0.05, 0) is 24.1 Å². The van der Waals surface area contributed by atoms with Crippen molar-refractivity contribution in [3.8, 4) is 0 Å². The number of H-pyrrole nitrogens is 1. The fourth-order valence-electron chi connectivity index (χ4n) is 2.56. The Morgan fingerprint density at radius 3 is 2.61 bits per heavy atom. The monoisotopic (exact) mass is 339 g/mol. The predicted molar refractivity (Wildman–Crippen MR) is 83.9 cm³/mol. The number of nitrogens with one attached hydrogen (secondary N) is 1. The van der Waals surface area contributed by atoms with Crippen LogP contribution in [0.2, 0.25) is 0 Å². The molecule has 1 aliphatic rings. The van der Waals surface area contributed by atoms with E-state index in [2.05, 4.69) is 15.2 Å². The zero-order chi connectivity index (χ0) is 16.4. The van der Waals surface area contributed by atoms with Gasteiger partial charge in [-0.2, -0.15) is 14.4 Å². The predicted octanol–water partition coefficient (Wildman–Crippen LogP) is 0.904. The Labute approximate surface area is 134 Å². The fourth-order valence-corrected chi connectivity index (χ4v) is 4.06. The summed E-state index contributed by atoms with van der Waals surface area (Å²) in [6.45, 7) is 3.47. The molecule has 2 aromatic rings. The largest absolute Gasteiger partial charge is 0.339 e. The molecule has 124 valence electrons. The van der Waals surface area contributed by atoms with Crippen molar-refractivity contribution in [1.29, 1.82) is 0 Å². The van der Waals surface area contributed by atoms with Crippen LogP contribution >= 0.6 is 0 Å². The van der Waals surface area contributed by atoms with Gasteiger partial charge in [0.25, 0.3) is 0 Å². The average Bonchev–Trinajstić information content (AvgIpc) is 3.05. The molecule has 1 N–H and O–H groups in total. The van der Waals surface area contributed by atoms with E-state index in [1.165, 1.54) is 16.7 Å². The Bertz CT molecular complexity index is 770. The highest BCUT2D eigenvalue weighted by atomic mass is 32.2. The van der Waals surface area contributed by atoms with Crippen LogP contribution in [0, 0.1) is 12.7 Å². The molecule has 1 aromatic heterocycles. The van der Waals surface area contributed by atoms with Crippen LogP contribution in [0.15, 0.2) is 24.5 Å². The lowest BCUT2D eigenvalue weighted by atomic mass is 10.2. The normalized spacial score (nSPS) is 16.7. The van der Waals surface area contributed by atoms with E-state index in [1.807, 2.05) is 4.90 Å². The number of aromatic amines is 1. The number of aromatic nitrogens is 3. The number of anilines is 1. The summed E-state index contributed by atoms with van der Waals surface area (Å²) in [4.78, 5) is 6.01. The van der Waals surface area contributed by atoms with Gasteiger partial charge in [-0.25, -0.2) is 17.9 Å². The zero-order valence-corrected chi connectivity index (χ0v) is 13.6. The van der Waals surface area contributed by atoms with Gasteiger partial charge in [-0.15, -0.1) is 0 Å². The summed E-state index contributed by atoms with van der Waals surface area (Å²) >= 11 is 0. The van der Waals surface area contributed by atoms with E-state index in [0.29, 0.717) is 43.3 Å². The number of hydrogen-bond donors (Lipinski definition) is 1. The highest BCUT2D eigenvalue weighted by Gasteiger charge is 2.28. The maximum Gasteiger partial charge on any atom is 0.221 e. The summed E-state index contributed by atoms with van der Waals surface area (Å²) in [7, 11) is -3.46. The maximum atomic E-state index is 13.6. The molecule has 7 nitrogen and oxygen atoms in total. The number of piperazine rings is 1. The molecule has 0 spiro atoms. The molecule has 9 heteroatoms. The Morgan fingerprint density at radius 2 is 2.00 bits per heavy atom. The van der Waals surface area contributed by atoms with Gasteiger partial charge < -0.3 is 4.90 Å². The summed E-state index contributed by atoms with van der Waals surface area (Å²) in [5, 5.41) is 6.56. The minimum atomic E-state index is -3.46. The zero-order valence-electron chi connectivity index (χ0n) is 12.7. The SMILES string of the molecule is Cc1ccc(CS(=O)(=O)N2CCN(c3ncn[nH]3)CC2)cc1F. The van der Waals surface area contributed by atoms with E-state index in [-0.39, 0.29) is 11.6 Å². The number of nitrogens with zero attached hydrogens (tertiary/aromatic N) is 4. The molecule has 23 heavy (non-hydrogen) atoms. The molecule has 0 atom stereocenters. The molecule has 0 amide bonds. The fraction of sp³-hybridized carbons (Fsp3) is 0.429. The highest BCUT2D eigenvalue weighted by Crippen LogP contribution is 2.17. The van der Waals surface area contributed by atoms with Crippen molar-refractivity contribution in [3.63, 3.8) is 0 Å². The Hall–Kier alpha value is -2.00. The first-order chi connectivity index (χ1) is 11.0. The molecular weight excluding hydrogens is 321 g/mol. The molecule has 0 unspecified atom stereocenters. The van der Waals surface area contributed by atoms with Gasteiger partial charge in [0.1, 0.15) is 12.1 Å². The smallest absolute Gasteiger partial charge is 0.221 e. The number of sulfonamides is 1. The molecule has 0 bridgehead atoms. The van der Waals surface area contributed by atoms with Crippen molar-refractivity contribution >= 4 is 16.0 Å². The van der Waals surface area contributed by atoms with Crippen molar-refractivity contribution in [2.75, 3.05) is 31.1 Å². The first-order valence-electron chi connectivity index (χ1n) is 7.29. The second-order valence-electron chi connectivity index (χ2n) is 5.53. The van der Waals surface area contributed by atoms with Gasteiger partial charge in [0.05, 0.1) is 5.75 Å². The van der Waals surface area contributed by atoms with Crippen LogP contribution in [0.3, 0.4) is 0 Å². The van der Waals surface area contributed by atoms with E-state index in [0.717, 1.165) is 0 Å². The van der Waals surface area contributed by atoms with Crippen LogP contribution in [0.4, 0.5) is 10.3 Å². The molecule has 1 aliphatic heterocycles. The van der Waals surface area contributed by atoms with Crippen LogP contribution < -0.4 is 4.90 Å². The lowest BCUT2D eigenvalue weighted by molar-refractivity contribution is 0.382. The highest BCUT2D eigenvalue weighted by molar-refractivity contribution is 7.88. The lowest BCUT2D eigenvalue weighted by Crippen LogP contribution is -2.49. The number of rotatable bonds is 4. The third-order valence-corrected chi connectivity index (χ3v) is 5.77. The molecular formula is C14H18FN5O2S. The van der Waals surface area contributed by atoms with Crippen LogP contribution in [0.1, 0.15) is 11.1 Å². The van der Waals surface area contributed by atoms with E-state index in [9.17, 15) is 12.8 Å². The summed E-state index contributed by atoms with van der Waals surface area (Å²) in [5.74, 6) is 0.0717. The average molecular weight is 339 g/mol. The summed E-state index contributed by atoms with van der Waals surface area (Å²) in [5.41, 5.74) is 0.970. The second kappa shape index (κ2) is 6.25. The van der Waals surface area contributed by atoms with Crippen molar-refractivity contribution in [2.45, 2.75) is 12.7 Å². The number of hydrogen-bond acceptors (Lipinski definition) is 5. The van der Waals surface area contributed by atoms with Crippen molar-refractivity contribution in [2.24, 2.45) is 0 Å². The molecule has 0 radical (unpaired) electrons. The first-order valence-corrected chi connectivity index (χ1v) is 8.90. The van der Waals surface area contributed by atoms with E-state index in [4.69, 9.17) is 0 Å². The third kappa shape index (κ3) is 3.50. The van der Waals surface area contributed by atoms with E-state index >= 15 is 0 Å². The topological polar surface area (TPSA) is 82.2 Å². The molecule has 0 aliphatic carbocycles. The van der Waals surface area contributed by atoms with Gasteiger partial charge in [0.2, 0.25) is 16.0 Å². The van der Waals surface area contributed by atoms with Gasteiger partial charge >= 0.3 is 0 Å². The molecule has 3 rings (SSSR count). The first kappa shape index (κ1) is 15.9. The van der Waals surface area contributed by atoms with Crippen molar-refractivity contribution < 1.29 is 12.8 Å². The van der Waals surface area contributed by atoms with Crippen LogP contribution in [0.25, 0.3) is 0 Å². The molecule has 0 saturated carbocycles. The molecule has 1 aromatic carbocycles. The van der Waals surface area contributed by atoms with Gasteiger partial charge in [0, 0.05) is 26.2 Å². The van der Waals surface area contributed by atoms with Crippen LogP contribution in [0.5, 0.6) is 0 Å². The van der Waals surface area contributed by atoms with Crippen LogP contribution in [-0.2, 0) is 15.8 Å². The van der Waals surface area contributed by atoms with Crippen molar-refractivity contribution in [1.82, 2.24) is 19.5 Å². The minimum absolute atomic E-state index is 0.188. The summed E-state index contributed by atoms with van der Waals surface area (Å²) in [6.07, 6.45) is 1.42. The minimum Gasteiger partial charge on any atom is -0.339 e. The van der Waals surface area contributed by atoms with Gasteiger partial charge in [-0.1, -0.05) is 12.1 Å². The maximum absolute atomic E-state index is 13.6. The standard InChI is InChI=1S/C14H18FN5O2S/c1-11-2-3-12(8-13(11)15)9-23(21,22)20-6-4-19(5-7-20)14-16-10-17-18-14/h2-3,8,10H,4-7,9H2,1H3,(H,16,17,18). The number of halogens is 1. The third-order valence-electron chi connectivity index (χ3n) is 3.92. The van der Waals surface area contributed by atoms with E-state index in [1.54, 1.807) is 19.1 Å². The Balaban J connectivity index is 1.65. The van der Waals surface area contributed by atoms with Gasteiger partial charge in [-0.3, -0.25) is 0 Å². The molecule has 2 heterocycles.